The van der Waals surface area contributed by atoms with Crippen molar-refractivity contribution in [1.29, 1.82) is 0 Å². The summed E-state index contributed by atoms with van der Waals surface area (Å²) >= 11 is 0. The van der Waals surface area contributed by atoms with Crippen LogP contribution in [0.5, 0.6) is 0 Å². The van der Waals surface area contributed by atoms with E-state index in [1.54, 1.807) is 6.07 Å². The van der Waals surface area contributed by atoms with Crippen molar-refractivity contribution in [3.8, 4) is 0 Å². The molecule has 1 aromatic carbocycles. The summed E-state index contributed by atoms with van der Waals surface area (Å²) in [4.78, 5) is 23.3. The third kappa shape index (κ3) is 4.49. The van der Waals surface area contributed by atoms with Crippen LogP contribution < -0.4 is 10.6 Å². The Morgan fingerprint density at radius 3 is 2.57 bits per heavy atom. The first kappa shape index (κ1) is 14.8. The molecule has 0 unspecified atom stereocenters. The monoisotopic (exact) mass is 286 g/mol. The minimum Gasteiger partial charge on any atom is -0.472 e. The molecule has 2 rings (SSSR count). The molecular formula is C16H18N2O3. The van der Waals surface area contributed by atoms with Crippen molar-refractivity contribution in [2.75, 3.05) is 13.1 Å². The van der Waals surface area contributed by atoms with E-state index in [2.05, 4.69) is 10.6 Å². The quantitative estimate of drug-likeness (QED) is 0.852. The molecule has 0 aliphatic heterocycles. The van der Waals surface area contributed by atoms with Gasteiger partial charge in [0.15, 0.2) is 0 Å². The number of carbonyl (C=O) groups excluding carboxylic acids is 2. The van der Waals surface area contributed by atoms with Gasteiger partial charge in [-0.15, -0.1) is 0 Å². The molecule has 0 radical (unpaired) electrons. The van der Waals surface area contributed by atoms with Gasteiger partial charge in [-0.05, 0) is 17.5 Å². The van der Waals surface area contributed by atoms with E-state index in [0.717, 1.165) is 0 Å². The van der Waals surface area contributed by atoms with Gasteiger partial charge in [-0.25, -0.2) is 0 Å². The van der Waals surface area contributed by atoms with Gasteiger partial charge in [0.05, 0.1) is 18.4 Å². The second-order valence-electron chi connectivity index (χ2n) is 4.81. The molecule has 0 aliphatic rings. The molecule has 0 bridgehead atoms. The van der Waals surface area contributed by atoms with Crippen LogP contribution in [0.3, 0.4) is 0 Å². The van der Waals surface area contributed by atoms with Crippen molar-refractivity contribution in [3.05, 3.63) is 60.1 Å². The van der Waals surface area contributed by atoms with Gasteiger partial charge in [0.25, 0.3) is 5.91 Å². The summed E-state index contributed by atoms with van der Waals surface area (Å²) in [5.74, 6) is -0.315. The van der Waals surface area contributed by atoms with E-state index in [9.17, 15) is 9.59 Å². The highest BCUT2D eigenvalue weighted by Gasteiger charge is 2.10. The number of carbonyl (C=O) groups is 2. The zero-order valence-corrected chi connectivity index (χ0v) is 11.8. The van der Waals surface area contributed by atoms with Crippen molar-refractivity contribution in [2.24, 2.45) is 0 Å². The molecule has 0 aliphatic carbocycles. The Kier molecular flexibility index (Phi) is 5.15. The SMILES string of the molecule is C[C@@H](CNC(=O)CNC(=O)c1ccoc1)c1ccccc1. The molecule has 0 spiro atoms. The van der Waals surface area contributed by atoms with E-state index in [4.69, 9.17) is 4.42 Å². The first-order valence-corrected chi connectivity index (χ1v) is 6.79. The number of hydrogen-bond acceptors (Lipinski definition) is 3. The average molecular weight is 286 g/mol. The Balaban J connectivity index is 1.71. The Labute approximate surface area is 123 Å². The first-order valence-electron chi connectivity index (χ1n) is 6.79. The Morgan fingerprint density at radius 2 is 1.90 bits per heavy atom. The van der Waals surface area contributed by atoms with Gasteiger partial charge in [0, 0.05) is 6.54 Å². The third-order valence-electron chi connectivity index (χ3n) is 3.17. The van der Waals surface area contributed by atoms with Crippen molar-refractivity contribution in [1.82, 2.24) is 10.6 Å². The molecular weight excluding hydrogens is 268 g/mol. The predicted molar refractivity (Wildman–Crippen MR) is 78.9 cm³/mol. The standard InChI is InChI=1S/C16H18N2O3/c1-12(13-5-3-2-4-6-13)9-17-15(19)10-18-16(20)14-7-8-21-11-14/h2-8,11-12H,9-10H2,1H3,(H,17,19)(H,18,20)/t12-/m0/s1. The summed E-state index contributed by atoms with van der Waals surface area (Å²) in [6.45, 7) is 2.52. The number of amides is 2. The Bertz CT molecular complexity index is 579. The van der Waals surface area contributed by atoms with Crippen LogP contribution in [0.4, 0.5) is 0 Å². The maximum Gasteiger partial charge on any atom is 0.254 e. The fourth-order valence-electron chi connectivity index (χ4n) is 1.89. The van der Waals surface area contributed by atoms with Crippen molar-refractivity contribution in [2.45, 2.75) is 12.8 Å². The molecule has 2 N–H and O–H groups in total. The number of hydrogen-bond donors (Lipinski definition) is 2. The van der Waals surface area contributed by atoms with Crippen LogP contribution in [-0.4, -0.2) is 24.9 Å². The number of nitrogens with one attached hydrogen (secondary N) is 2. The molecule has 5 nitrogen and oxygen atoms in total. The van der Waals surface area contributed by atoms with Gasteiger partial charge >= 0.3 is 0 Å². The second-order valence-corrected chi connectivity index (χ2v) is 4.81. The third-order valence-corrected chi connectivity index (χ3v) is 3.17. The lowest BCUT2D eigenvalue weighted by atomic mass is 10.0. The minimum atomic E-state index is -0.324. The number of furan rings is 1. The minimum absolute atomic E-state index is 0.0501. The lowest BCUT2D eigenvalue weighted by Gasteiger charge is -2.13. The molecule has 21 heavy (non-hydrogen) atoms. The molecule has 0 fully saturated rings. The zero-order valence-electron chi connectivity index (χ0n) is 11.8. The number of rotatable bonds is 6. The lowest BCUT2D eigenvalue weighted by Crippen LogP contribution is -2.38. The van der Waals surface area contributed by atoms with Gasteiger partial charge in [0.1, 0.15) is 6.26 Å². The van der Waals surface area contributed by atoms with Crippen LogP contribution in [0, 0.1) is 0 Å². The highest BCUT2D eigenvalue weighted by Crippen LogP contribution is 2.12. The average Bonchev–Trinajstić information content (AvgIpc) is 3.05. The van der Waals surface area contributed by atoms with Crippen molar-refractivity contribution < 1.29 is 14.0 Å². The summed E-state index contributed by atoms with van der Waals surface area (Å²) in [5.41, 5.74) is 1.57. The van der Waals surface area contributed by atoms with E-state index in [0.29, 0.717) is 12.1 Å². The van der Waals surface area contributed by atoms with Crippen LogP contribution in [0.1, 0.15) is 28.8 Å². The van der Waals surface area contributed by atoms with E-state index in [1.807, 2.05) is 37.3 Å². The van der Waals surface area contributed by atoms with Crippen molar-refractivity contribution in [3.63, 3.8) is 0 Å². The van der Waals surface area contributed by atoms with E-state index >= 15 is 0 Å². The van der Waals surface area contributed by atoms with Gasteiger partial charge in [-0.3, -0.25) is 9.59 Å². The maximum atomic E-state index is 11.7. The summed E-state index contributed by atoms with van der Waals surface area (Å²) in [7, 11) is 0. The molecule has 2 amide bonds. The maximum absolute atomic E-state index is 11.7. The van der Waals surface area contributed by atoms with Gasteiger partial charge in [-0.2, -0.15) is 0 Å². The highest BCUT2D eigenvalue weighted by atomic mass is 16.3. The van der Waals surface area contributed by atoms with Crippen molar-refractivity contribution >= 4 is 11.8 Å². The largest absolute Gasteiger partial charge is 0.472 e. The summed E-state index contributed by atoms with van der Waals surface area (Å²) in [6.07, 6.45) is 2.75. The van der Waals surface area contributed by atoms with E-state index in [-0.39, 0.29) is 24.3 Å². The Morgan fingerprint density at radius 1 is 1.14 bits per heavy atom. The zero-order chi connectivity index (χ0) is 15.1. The topological polar surface area (TPSA) is 71.3 Å². The second kappa shape index (κ2) is 7.28. The van der Waals surface area contributed by atoms with Crippen LogP contribution in [0.2, 0.25) is 0 Å². The fraction of sp³-hybridized carbons (Fsp3) is 0.250. The molecule has 0 saturated heterocycles. The molecule has 2 aromatic rings. The summed E-state index contributed by atoms with van der Waals surface area (Å²) in [5, 5.41) is 5.34. The molecule has 1 aromatic heterocycles. The predicted octanol–water partition coefficient (Wildman–Crippen LogP) is 1.93. The van der Waals surface area contributed by atoms with Crippen LogP contribution in [0.25, 0.3) is 0 Å². The fourth-order valence-corrected chi connectivity index (χ4v) is 1.89. The summed E-state index contributed by atoms with van der Waals surface area (Å²) in [6, 6.07) is 11.5. The van der Waals surface area contributed by atoms with Crippen LogP contribution in [0.15, 0.2) is 53.3 Å². The van der Waals surface area contributed by atoms with E-state index in [1.165, 1.54) is 18.1 Å². The van der Waals surface area contributed by atoms with Gasteiger partial charge in [0.2, 0.25) is 5.91 Å². The van der Waals surface area contributed by atoms with Crippen LogP contribution in [-0.2, 0) is 4.79 Å². The normalized spacial score (nSPS) is 11.7. The molecule has 5 heteroatoms. The smallest absolute Gasteiger partial charge is 0.254 e. The first-order chi connectivity index (χ1) is 10.2. The van der Waals surface area contributed by atoms with Gasteiger partial charge in [-0.1, -0.05) is 37.3 Å². The molecule has 1 heterocycles. The Hall–Kier alpha value is -2.56. The highest BCUT2D eigenvalue weighted by molar-refractivity contribution is 5.96. The summed E-state index contributed by atoms with van der Waals surface area (Å²) < 4.78 is 4.81. The molecule has 110 valence electrons. The van der Waals surface area contributed by atoms with Gasteiger partial charge < -0.3 is 15.1 Å². The molecule has 0 saturated carbocycles. The lowest BCUT2D eigenvalue weighted by molar-refractivity contribution is -0.120. The van der Waals surface area contributed by atoms with E-state index < -0.39 is 0 Å². The molecule has 1 atom stereocenters. The number of benzene rings is 1. The van der Waals surface area contributed by atoms with Crippen LogP contribution >= 0.6 is 0 Å².